The molecule has 4 heavy (non-hydrogen) atoms. The van der Waals surface area contributed by atoms with Crippen molar-refractivity contribution in [3.8, 4) is 0 Å². The summed E-state index contributed by atoms with van der Waals surface area (Å²) < 4.78 is 0. The molecule has 0 saturated carbocycles. The third-order valence-corrected chi connectivity index (χ3v) is 0. The Kier molecular flexibility index (Phi) is 20.2. The van der Waals surface area contributed by atoms with Gasteiger partial charge in [0.15, 0.2) is 0 Å². The Morgan fingerprint density at radius 1 is 1.25 bits per heavy atom. The molecular weight excluding hydrogens is 129 g/mol. The molecule has 0 heterocycles. The monoisotopic (exact) mass is 134 g/mol. The van der Waals surface area contributed by atoms with Gasteiger partial charge in [-0.05, 0) is 0 Å². The van der Waals surface area contributed by atoms with Crippen LogP contribution in [0.2, 0.25) is 0 Å². The van der Waals surface area contributed by atoms with Crippen molar-refractivity contribution >= 4 is 0 Å². The molecule has 0 aromatic heterocycles. The minimum absolute atomic E-state index is 0. The quantitative estimate of drug-likeness (QED) is 0.462. The SMILES string of the molecule is C[N-]C.[Zr]. The van der Waals surface area contributed by atoms with Crippen molar-refractivity contribution in [1.82, 2.24) is 0 Å². The molecule has 2 heteroatoms. The summed E-state index contributed by atoms with van der Waals surface area (Å²) >= 11 is 0. The van der Waals surface area contributed by atoms with Gasteiger partial charge in [-0.25, -0.2) is 0 Å². The van der Waals surface area contributed by atoms with Crippen LogP contribution in [0.4, 0.5) is 0 Å². The maximum Gasteiger partial charge on any atom is 0 e. The largest absolute Gasteiger partial charge is 0.668 e. The van der Waals surface area contributed by atoms with E-state index in [-0.39, 0.29) is 26.2 Å². The van der Waals surface area contributed by atoms with Gasteiger partial charge in [0.1, 0.15) is 0 Å². The summed E-state index contributed by atoms with van der Waals surface area (Å²) in [5.41, 5.74) is 0. The van der Waals surface area contributed by atoms with E-state index in [2.05, 4.69) is 5.32 Å². The van der Waals surface area contributed by atoms with E-state index < -0.39 is 0 Å². The molecule has 24 valence electrons. The first-order chi connectivity index (χ1) is 1.41. The third-order valence-electron chi connectivity index (χ3n) is 0. The summed E-state index contributed by atoms with van der Waals surface area (Å²) in [6.07, 6.45) is 0. The molecule has 0 aromatic rings. The Bertz CT molecular complexity index is 6.00. The van der Waals surface area contributed by atoms with Crippen LogP contribution in [0.3, 0.4) is 0 Å². The van der Waals surface area contributed by atoms with Crippen LogP contribution in [0, 0.1) is 0 Å². The van der Waals surface area contributed by atoms with Gasteiger partial charge < -0.3 is 5.32 Å². The second-order valence-electron chi connectivity index (χ2n) is 0.447. The van der Waals surface area contributed by atoms with Gasteiger partial charge >= 0.3 is 0 Å². The van der Waals surface area contributed by atoms with Gasteiger partial charge in [-0.3, -0.25) is 0 Å². The first kappa shape index (κ1) is 8.85. The molecule has 0 aliphatic rings. The summed E-state index contributed by atoms with van der Waals surface area (Å²) in [6.45, 7) is 0. The van der Waals surface area contributed by atoms with Gasteiger partial charge in [0.05, 0.1) is 0 Å². The zero-order valence-electron chi connectivity index (χ0n) is 2.95. The number of rotatable bonds is 0. The second-order valence-corrected chi connectivity index (χ2v) is 0.447. The van der Waals surface area contributed by atoms with E-state index in [9.17, 15) is 0 Å². The summed E-state index contributed by atoms with van der Waals surface area (Å²) in [6, 6.07) is 0. The van der Waals surface area contributed by atoms with Crippen molar-refractivity contribution in [2.24, 2.45) is 0 Å². The molecule has 1 nitrogen and oxygen atoms in total. The summed E-state index contributed by atoms with van der Waals surface area (Å²) in [5.74, 6) is 0. The van der Waals surface area contributed by atoms with Crippen molar-refractivity contribution in [2.75, 3.05) is 14.1 Å². The molecule has 0 aliphatic carbocycles. The first-order valence-electron chi connectivity index (χ1n) is 0.894. The van der Waals surface area contributed by atoms with Crippen LogP contribution < -0.4 is 0 Å². The molecular formula is C2H6NZr-. The van der Waals surface area contributed by atoms with E-state index in [4.69, 9.17) is 0 Å². The zero-order valence-corrected chi connectivity index (χ0v) is 5.41. The average molecular weight is 135 g/mol. The minimum Gasteiger partial charge on any atom is -0.668 e. The van der Waals surface area contributed by atoms with Gasteiger partial charge in [-0.1, -0.05) is 0 Å². The Labute approximate surface area is 45.9 Å². The maximum atomic E-state index is 3.50. The third kappa shape index (κ3) is 13.6. The van der Waals surface area contributed by atoms with Crippen LogP contribution in [0.1, 0.15) is 0 Å². The van der Waals surface area contributed by atoms with Crippen molar-refractivity contribution in [3.05, 3.63) is 5.32 Å². The molecule has 0 bridgehead atoms. The van der Waals surface area contributed by atoms with Crippen LogP contribution >= 0.6 is 0 Å². The van der Waals surface area contributed by atoms with Crippen molar-refractivity contribution < 1.29 is 26.2 Å². The van der Waals surface area contributed by atoms with E-state index in [0.29, 0.717) is 0 Å². The predicted octanol–water partition coefficient (Wildman–Crippen LogP) is 0.617. The van der Waals surface area contributed by atoms with E-state index in [1.807, 2.05) is 0 Å². The summed E-state index contributed by atoms with van der Waals surface area (Å²) in [7, 11) is 3.50. The molecule has 0 radical (unpaired) electrons. The van der Waals surface area contributed by atoms with Gasteiger partial charge in [0, 0.05) is 26.2 Å². The van der Waals surface area contributed by atoms with E-state index in [1.165, 1.54) is 0 Å². The molecule has 0 fully saturated rings. The van der Waals surface area contributed by atoms with Crippen molar-refractivity contribution in [2.45, 2.75) is 0 Å². The summed E-state index contributed by atoms with van der Waals surface area (Å²) in [5, 5.41) is 3.50. The van der Waals surface area contributed by atoms with Crippen molar-refractivity contribution in [3.63, 3.8) is 0 Å². The number of hydrogen-bond donors (Lipinski definition) is 0. The Morgan fingerprint density at radius 3 is 1.25 bits per heavy atom. The van der Waals surface area contributed by atoms with Crippen molar-refractivity contribution in [1.29, 1.82) is 0 Å². The summed E-state index contributed by atoms with van der Waals surface area (Å²) in [4.78, 5) is 0. The number of nitrogens with zero attached hydrogens (tertiary/aromatic N) is 1. The fourth-order valence-electron chi connectivity index (χ4n) is 0. The van der Waals surface area contributed by atoms with Gasteiger partial charge in [0.2, 0.25) is 0 Å². The van der Waals surface area contributed by atoms with E-state index in [1.54, 1.807) is 14.1 Å². The van der Waals surface area contributed by atoms with Crippen LogP contribution in [-0.4, -0.2) is 14.1 Å². The topological polar surface area (TPSA) is 14.1 Å². The molecule has 0 aromatic carbocycles. The molecule has 0 saturated heterocycles. The van der Waals surface area contributed by atoms with Crippen LogP contribution in [0.15, 0.2) is 0 Å². The van der Waals surface area contributed by atoms with Crippen LogP contribution in [-0.2, 0) is 26.2 Å². The molecule has 0 N–H and O–H groups in total. The van der Waals surface area contributed by atoms with Gasteiger partial charge in [-0.15, -0.1) is 0 Å². The smallest absolute Gasteiger partial charge is 0 e. The Morgan fingerprint density at radius 2 is 1.25 bits per heavy atom. The molecule has 0 atom stereocenters. The van der Waals surface area contributed by atoms with Gasteiger partial charge in [0.25, 0.3) is 0 Å². The minimum atomic E-state index is 0. The molecule has 0 unspecified atom stereocenters. The van der Waals surface area contributed by atoms with Gasteiger partial charge in [-0.2, -0.15) is 14.1 Å². The van der Waals surface area contributed by atoms with E-state index in [0.717, 1.165) is 0 Å². The molecule has 0 amide bonds. The second kappa shape index (κ2) is 9.14. The zero-order chi connectivity index (χ0) is 2.71. The fourth-order valence-corrected chi connectivity index (χ4v) is 0. The van der Waals surface area contributed by atoms with Crippen LogP contribution in [0.25, 0.3) is 5.32 Å². The Hall–Kier alpha value is 0.843. The molecule has 0 rings (SSSR count). The normalized spacial score (nSPS) is 4.50. The van der Waals surface area contributed by atoms with Crippen LogP contribution in [0.5, 0.6) is 0 Å². The molecule has 0 spiro atoms. The average Bonchev–Trinajstić information content (AvgIpc) is 0.918. The maximum absolute atomic E-state index is 3.50. The predicted molar refractivity (Wildman–Crippen MR) is 15.2 cm³/mol. The first-order valence-corrected chi connectivity index (χ1v) is 0.894. The number of hydrogen-bond acceptors (Lipinski definition) is 0. The molecule has 0 aliphatic heterocycles. The Balaban J connectivity index is 0. The van der Waals surface area contributed by atoms with E-state index >= 15 is 0 Å². The fraction of sp³-hybridized carbons (Fsp3) is 1.00. The standard InChI is InChI=1S/C2H6N.Zr/c1-3-2;/h1-2H3;/q-1;.